The molecular formula is C27H33ClFN7O4. The first-order valence-electron chi connectivity index (χ1n) is 13.3. The van der Waals surface area contributed by atoms with Crippen LogP contribution >= 0.6 is 11.6 Å². The van der Waals surface area contributed by atoms with Crippen molar-refractivity contribution in [2.24, 2.45) is 0 Å². The maximum Gasteiger partial charge on any atom is 0.413 e. The summed E-state index contributed by atoms with van der Waals surface area (Å²) in [6.07, 6.45) is 3.04. The van der Waals surface area contributed by atoms with Gasteiger partial charge in [0.1, 0.15) is 41.4 Å². The zero-order chi connectivity index (χ0) is 28.6. The normalized spacial score (nSPS) is 18.3. The first kappa shape index (κ1) is 28.0. The van der Waals surface area contributed by atoms with E-state index in [-0.39, 0.29) is 41.3 Å². The van der Waals surface area contributed by atoms with E-state index in [0.717, 1.165) is 19.4 Å². The quantitative estimate of drug-likeness (QED) is 0.404. The highest BCUT2D eigenvalue weighted by atomic mass is 35.5. The minimum atomic E-state index is -0.779. The molecule has 0 radical (unpaired) electrons. The highest BCUT2D eigenvalue weighted by Crippen LogP contribution is 2.41. The monoisotopic (exact) mass is 573 g/mol. The Morgan fingerprint density at radius 3 is 2.83 bits per heavy atom. The van der Waals surface area contributed by atoms with Gasteiger partial charge in [-0.3, -0.25) is 5.32 Å². The van der Waals surface area contributed by atoms with E-state index in [0.29, 0.717) is 35.7 Å². The summed E-state index contributed by atoms with van der Waals surface area (Å²) < 4.78 is 32.7. The third-order valence-corrected chi connectivity index (χ3v) is 7.22. The van der Waals surface area contributed by atoms with Gasteiger partial charge in [-0.15, -0.1) is 0 Å². The van der Waals surface area contributed by atoms with E-state index in [1.165, 1.54) is 0 Å². The number of aromatic nitrogens is 4. The number of carbonyl (C=O) groups excluding carboxylic acids is 1. The van der Waals surface area contributed by atoms with Crippen molar-refractivity contribution in [3.8, 4) is 11.9 Å². The Bertz CT molecular complexity index is 1420. The smallest absolute Gasteiger partial charge is 0.413 e. The molecule has 0 saturated carbocycles. The molecule has 1 amide bonds. The number of rotatable bonds is 6. The van der Waals surface area contributed by atoms with E-state index in [1.807, 2.05) is 24.9 Å². The van der Waals surface area contributed by atoms with Crippen LogP contribution in [0, 0.1) is 5.82 Å². The maximum absolute atomic E-state index is 15.3. The van der Waals surface area contributed by atoms with Crippen molar-refractivity contribution in [3.63, 3.8) is 0 Å². The number of halogens is 2. The van der Waals surface area contributed by atoms with E-state index in [9.17, 15) is 4.79 Å². The summed E-state index contributed by atoms with van der Waals surface area (Å²) in [6.45, 7) is 9.24. The molecule has 2 aliphatic rings. The number of hydrogen-bond acceptors (Lipinski definition) is 10. The van der Waals surface area contributed by atoms with Gasteiger partial charge in [0, 0.05) is 17.8 Å². The Morgan fingerprint density at radius 1 is 1.30 bits per heavy atom. The van der Waals surface area contributed by atoms with Gasteiger partial charge in [-0.25, -0.2) is 14.2 Å². The third kappa shape index (κ3) is 5.83. The molecule has 1 N–H and O–H groups in total. The zero-order valence-corrected chi connectivity index (χ0v) is 24.0. The number of hydrogen-bond donors (Lipinski definition) is 1. The topological polar surface area (TPSA) is 115 Å². The number of pyridine rings is 2. The number of anilines is 2. The highest BCUT2D eigenvalue weighted by molar-refractivity contribution is 6.30. The van der Waals surface area contributed by atoms with Crippen LogP contribution in [0.4, 0.5) is 20.8 Å². The van der Waals surface area contributed by atoms with Crippen LogP contribution < -0.4 is 19.7 Å². The summed E-state index contributed by atoms with van der Waals surface area (Å²) >= 11 is 6.12. The lowest BCUT2D eigenvalue weighted by molar-refractivity contribution is 0.0635. The molecule has 2 atom stereocenters. The molecule has 0 bridgehead atoms. The standard InChI is InChI=1S/C27H33ClFN7O4/c1-15(17-9-6-10-30-22(17)33-26(37)40-27(2,3)4)36-12-13-38-24-18-20(19(29)21(28)32-24)31-25(34-23(18)36)39-14-16-8-7-11-35(16)5/h6,9-10,15-16H,7-8,11-14H2,1-5H3,(H,30,33,37)/t15-,16+/m1/s1. The largest absolute Gasteiger partial charge is 0.475 e. The Balaban J connectivity index is 1.54. The predicted molar refractivity (Wildman–Crippen MR) is 149 cm³/mol. The molecule has 0 spiro atoms. The molecule has 40 heavy (non-hydrogen) atoms. The van der Waals surface area contributed by atoms with Crippen LogP contribution in [0.1, 0.15) is 52.1 Å². The van der Waals surface area contributed by atoms with E-state index < -0.39 is 17.5 Å². The summed E-state index contributed by atoms with van der Waals surface area (Å²) in [6, 6.07) is 3.49. The van der Waals surface area contributed by atoms with Gasteiger partial charge in [0.15, 0.2) is 11.0 Å². The van der Waals surface area contributed by atoms with Gasteiger partial charge in [-0.2, -0.15) is 15.0 Å². The van der Waals surface area contributed by atoms with Crippen LogP contribution in [0.5, 0.6) is 11.9 Å². The minimum Gasteiger partial charge on any atom is -0.475 e. The van der Waals surface area contributed by atoms with Gasteiger partial charge < -0.3 is 24.0 Å². The van der Waals surface area contributed by atoms with E-state index >= 15 is 4.39 Å². The average molecular weight is 574 g/mol. The minimum absolute atomic E-state index is 0.0345. The predicted octanol–water partition coefficient (Wildman–Crippen LogP) is 4.99. The van der Waals surface area contributed by atoms with Gasteiger partial charge in [-0.1, -0.05) is 17.7 Å². The lowest BCUT2D eigenvalue weighted by Crippen LogP contribution is -2.33. The molecule has 1 fully saturated rings. The Hall–Kier alpha value is -3.51. The Kier molecular flexibility index (Phi) is 7.83. The van der Waals surface area contributed by atoms with Crippen molar-refractivity contribution in [2.45, 2.75) is 58.2 Å². The molecule has 11 nitrogen and oxygen atoms in total. The molecule has 0 unspecified atom stereocenters. The van der Waals surface area contributed by atoms with Crippen LogP contribution in [-0.4, -0.2) is 75.9 Å². The van der Waals surface area contributed by atoms with Crippen LogP contribution in [0.25, 0.3) is 10.9 Å². The Morgan fingerprint density at radius 2 is 2.10 bits per heavy atom. The number of amides is 1. The fraction of sp³-hybridized carbons (Fsp3) is 0.519. The van der Waals surface area contributed by atoms with Crippen LogP contribution in [-0.2, 0) is 4.74 Å². The average Bonchev–Trinajstić information content (AvgIpc) is 3.21. The van der Waals surface area contributed by atoms with E-state index in [1.54, 1.807) is 33.0 Å². The van der Waals surface area contributed by atoms with Crippen LogP contribution in [0.2, 0.25) is 5.15 Å². The summed E-state index contributed by atoms with van der Waals surface area (Å²) in [5.41, 5.74) is -0.0151. The van der Waals surface area contributed by atoms with Crippen molar-refractivity contribution < 1.29 is 23.4 Å². The summed E-state index contributed by atoms with van der Waals surface area (Å²) in [5, 5.41) is 2.70. The van der Waals surface area contributed by atoms with E-state index in [4.69, 9.17) is 30.8 Å². The summed E-state index contributed by atoms with van der Waals surface area (Å²) in [5.74, 6) is 0.0844. The maximum atomic E-state index is 15.3. The van der Waals surface area contributed by atoms with Crippen LogP contribution in [0.3, 0.4) is 0 Å². The second-order valence-electron chi connectivity index (χ2n) is 10.9. The number of likely N-dealkylation sites (tertiary alicyclic amines) is 1. The van der Waals surface area contributed by atoms with Crippen molar-refractivity contribution in [3.05, 3.63) is 34.9 Å². The summed E-state index contributed by atoms with van der Waals surface area (Å²) in [4.78, 5) is 34.3. The molecule has 1 saturated heterocycles. The Labute approximate surface area is 237 Å². The first-order chi connectivity index (χ1) is 19.0. The molecule has 2 aliphatic heterocycles. The number of nitrogens with one attached hydrogen (secondary N) is 1. The molecule has 0 aliphatic carbocycles. The third-order valence-electron chi connectivity index (χ3n) is 6.97. The van der Waals surface area contributed by atoms with Gasteiger partial charge in [0.25, 0.3) is 0 Å². The molecule has 3 aromatic rings. The number of nitrogens with zero attached hydrogens (tertiary/aromatic N) is 6. The van der Waals surface area contributed by atoms with Crippen molar-refractivity contribution in [1.29, 1.82) is 0 Å². The van der Waals surface area contributed by atoms with Gasteiger partial charge >= 0.3 is 12.1 Å². The molecule has 0 aromatic carbocycles. The van der Waals surface area contributed by atoms with Crippen molar-refractivity contribution in [2.75, 3.05) is 43.6 Å². The molecular weight excluding hydrogens is 541 g/mol. The number of carbonyl (C=O) groups is 1. The van der Waals surface area contributed by atoms with E-state index in [2.05, 4.69) is 25.2 Å². The highest BCUT2D eigenvalue weighted by Gasteiger charge is 2.31. The van der Waals surface area contributed by atoms with Gasteiger partial charge in [-0.05, 0) is 60.2 Å². The lowest BCUT2D eigenvalue weighted by atomic mass is 10.1. The van der Waals surface area contributed by atoms with Gasteiger partial charge in [0.05, 0.1) is 12.6 Å². The fourth-order valence-electron chi connectivity index (χ4n) is 4.97. The van der Waals surface area contributed by atoms with Crippen molar-refractivity contribution >= 4 is 40.2 Å². The molecule has 5 heterocycles. The molecule has 214 valence electrons. The molecule has 3 aromatic heterocycles. The second-order valence-corrected chi connectivity index (χ2v) is 11.3. The SMILES string of the molecule is C[C@H](c1cccnc1NC(=O)OC(C)(C)C)N1CCOc2nc(Cl)c(F)c3nc(OC[C@@H]4CCCN4C)nc1c23. The first-order valence-corrected chi connectivity index (χ1v) is 13.6. The fourth-order valence-corrected chi connectivity index (χ4v) is 5.13. The molecule has 5 rings (SSSR count). The van der Waals surface area contributed by atoms with Crippen molar-refractivity contribution in [1.82, 2.24) is 24.8 Å². The summed E-state index contributed by atoms with van der Waals surface area (Å²) in [7, 11) is 2.05. The second kappa shape index (κ2) is 11.2. The number of ether oxygens (including phenoxy) is 3. The zero-order valence-electron chi connectivity index (χ0n) is 23.2. The molecule has 13 heteroatoms. The number of likely N-dealkylation sites (N-methyl/N-ethyl adjacent to an activating group) is 1. The van der Waals surface area contributed by atoms with Gasteiger partial charge in [0.2, 0.25) is 5.88 Å². The lowest BCUT2D eigenvalue weighted by Gasteiger charge is -2.31. The van der Waals surface area contributed by atoms with Crippen LogP contribution in [0.15, 0.2) is 18.3 Å².